The first-order valence-corrected chi connectivity index (χ1v) is 8.42. The average Bonchev–Trinajstić information content (AvgIpc) is 2.95. The number of phenols is 1. The lowest BCUT2D eigenvalue weighted by Gasteiger charge is -2.00. The average molecular weight is 373 g/mol. The van der Waals surface area contributed by atoms with Crippen LogP contribution < -0.4 is 10.7 Å². The van der Waals surface area contributed by atoms with Gasteiger partial charge in [-0.1, -0.05) is 47.2 Å². The van der Waals surface area contributed by atoms with E-state index in [9.17, 15) is 9.90 Å². The first kappa shape index (κ1) is 16.9. The van der Waals surface area contributed by atoms with E-state index in [-0.39, 0.29) is 5.75 Å². The van der Waals surface area contributed by atoms with Crippen molar-refractivity contribution in [2.45, 2.75) is 0 Å². The number of carbonyl (C=O) groups excluding carboxylic acids is 1. The molecular weight excluding hydrogens is 360 g/mol. The SMILES string of the molecule is O=C(N/N=C/c1sc(Nc2ccccc2)nc1Cl)c1cccc(O)c1. The Labute approximate surface area is 152 Å². The van der Waals surface area contributed by atoms with Gasteiger partial charge >= 0.3 is 0 Å². The maximum absolute atomic E-state index is 11.9. The van der Waals surface area contributed by atoms with E-state index >= 15 is 0 Å². The van der Waals surface area contributed by atoms with Crippen LogP contribution in [0.25, 0.3) is 0 Å². The highest BCUT2D eigenvalue weighted by molar-refractivity contribution is 7.17. The number of halogens is 1. The number of hydrazone groups is 1. The minimum absolute atomic E-state index is 0.0127. The van der Waals surface area contributed by atoms with Gasteiger partial charge in [0.2, 0.25) is 0 Å². The van der Waals surface area contributed by atoms with Crippen LogP contribution in [-0.4, -0.2) is 22.2 Å². The lowest BCUT2D eigenvalue weighted by Crippen LogP contribution is -2.17. The third-order valence-corrected chi connectivity index (χ3v) is 4.40. The first-order valence-electron chi connectivity index (χ1n) is 7.22. The van der Waals surface area contributed by atoms with E-state index in [4.69, 9.17) is 11.6 Å². The number of benzene rings is 2. The van der Waals surface area contributed by atoms with Gasteiger partial charge in [0.25, 0.3) is 5.91 Å². The third kappa shape index (κ3) is 4.56. The van der Waals surface area contributed by atoms with Crippen LogP contribution in [0, 0.1) is 0 Å². The highest BCUT2D eigenvalue weighted by atomic mass is 35.5. The van der Waals surface area contributed by atoms with Crippen molar-refractivity contribution in [1.29, 1.82) is 0 Å². The Morgan fingerprint density at radius 1 is 1.20 bits per heavy atom. The summed E-state index contributed by atoms with van der Waals surface area (Å²) in [7, 11) is 0. The van der Waals surface area contributed by atoms with Crippen LogP contribution in [0.1, 0.15) is 15.2 Å². The minimum atomic E-state index is -0.435. The Bertz CT molecular complexity index is 912. The lowest BCUT2D eigenvalue weighted by atomic mass is 10.2. The van der Waals surface area contributed by atoms with Crippen molar-refractivity contribution in [2.75, 3.05) is 5.32 Å². The molecule has 0 aliphatic rings. The van der Waals surface area contributed by atoms with Crippen molar-refractivity contribution in [3.8, 4) is 5.75 Å². The molecule has 0 fully saturated rings. The Hall–Kier alpha value is -2.90. The normalized spacial score (nSPS) is 10.8. The fraction of sp³-hybridized carbons (Fsp3) is 0. The van der Waals surface area contributed by atoms with Crippen LogP contribution >= 0.6 is 22.9 Å². The predicted molar refractivity (Wildman–Crippen MR) is 100 cm³/mol. The fourth-order valence-corrected chi connectivity index (χ4v) is 3.00. The zero-order valence-corrected chi connectivity index (χ0v) is 14.4. The van der Waals surface area contributed by atoms with E-state index in [1.807, 2.05) is 30.3 Å². The van der Waals surface area contributed by atoms with Gasteiger partial charge in [0, 0.05) is 11.3 Å². The molecule has 0 bridgehead atoms. The third-order valence-electron chi connectivity index (χ3n) is 3.09. The molecule has 1 aromatic heterocycles. The second kappa shape index (κ2) is 7.78. The number of aromatic hydroxyl groups is 1. The Balaban J connectivity index is 1.64. The molecule has 0 spiro atoms. The molecule has 0 saturated carbocycles. The second-order valence-corrected chi connectivity index (χ2v) is 6.30. The number of para-hydroxylation sites is 1. The van der Waals surface area contributed by atoms with Crippen LogP contribution in [0.2, 0.25) is 5.15 Å². The molecule has 3 N–H and O–H groups in total. The summed E-state index contributed by atoms with van der Waals surface area (Å²) in [6.45, 7) is 0. The highest BCUT2D eigenvalue weighted by Crippen LogP contribution is 2.27. The van der Waals surface area contributed by atoms with Crippen molar-refractivity contribution < 1.29 is 9.90 Å². The number of carbonyl (C=O) groups is 1. The Kier molecular flexibility index (Phi) is 5.27. The number of rotatable bonds is 5. The molecule has 0 aliphatic heterocycles. The van der Waals surface area contributed by atoms with Gasteiger partial charge in [-0.25, -0.2) is 10.4 Å². The van der Waals surface area contributed by atoms with Crippen molar-refractivity contribution in [3.63, 3.8) is 0 Å². The minimum Gasteiger partial charge on any atom is -0.508 e. The van der Waals surface area contributed by atoms with Crippen LogP contribution in [-0.2, 0) is 0 Å². The van der Waals surface area contributed by atoms with Crippen LogP contribution in [0.4, 0.5) is 10.8 Å². The summed E-state index contributed by atoms with van der Waals surface area (Å²) < 4.78 is 0. The van der Waals surface area contributed by atoms with Crippen molar-refractivity contribution >= 4 is 45.9 Å². The van der Waals surface area contributed by atoms with Gasteiger partial charge in [-0.2, -0.15) is 5.10 Å². The highest BCUT2D eigenvalue weighted by Gasteiger charge is 2.08. The van der Waals surface area contributed by atoms with E-state index < -0.39 is 5.91 Å². The molecule has 3 rings (SSSR count). The van der Waals surface area contributed by atoms with E-state index in [1.54, 1.807) is 12.1 Å². The van der Waals surface area contributed by atoms with Gasteiger partial charge < -0.3 is 10.4 Å². The maximum atomic E-state index is 11.9. The second-order valence-electron chi connectivity index (χ2n) is 4.91. The largest absolute Gasteiger partial charge is 0.508 e. The smallest absolute Gasteiger partial charge is 0.271 e. The maximum Gasteiger partial charge on any atom is 0.271 e. The topological polar surface area (TPSA) is 86.6 Å². The van der Waals surface area contributed by atoms with Gasteiger partial charge in [0.1, 0.15) is 5.75 Å². The molecular formula is C17H13ClN4O2S. The molecule has 2 aromatic carbocycles. The molecule has 8 heteroatoms. The van der Waals surface area contributed by atoms with E-state index in [0.717, 1.165) is 5.69 Å². The van der Waals surface area contributed by atoms with Crippen LogP contribution in [0.15, 0.2) is 59.7 Å². The standard InChI is InChI=1S/C17H13ClN4O2S/c18-15-14(25-17(21-15)20-12-6-2-1-3-7-12)10-19-22-16(24)11-5-4-8-13(23)9-11/h1-10,23H,(H,20,21)(H,22,24)/b19-10+. The fourth-order valence-electron chi connectivity index (χ4n) is 1.95. The summed E-state index contributed by atoms with van der Waals surface area (Å²) in [4.78, 5) is 16.7. The zero-order valence-electron chi connectivity index (χ0n) is 12.8. The lowest BCUT2D eigenvalue weighted by molar-refractivity contribution is 0.0954. The molecule has 1 amide bonds. The molecule has 126 valence electrons. The Morgan fingerprint density at radius 2 is 2.00 bits per heavy atom. The number of aromatic nitrogens is 1. The number of hydrogen-bond acceptors (Lipinski definition) is 6. The van der Waals surface area contributed by atoms with E-state index in [0.29, 0.717) is 20.7 Å². The molecule has 0 unspecified atom stereocenters. The molecule has 0 aliphatic carbocycles. The summed E-state index contributed by atoms with van der Waals surface area (Å²) in [5, 5.41) is 17.3. The van der Waals surface area contributed by atoms with E-state index in [1.165, 1.54) is 29.7 Å². The molecule has 25 heavy (non-hydrogen) atoms. The molecule has 0 saturated heterocycles. The van der Waals surface area contributed by atoms with Gasteiger partial charge in [0.15, 0.2) is 10.3 Å². The number of hydrogen-bond donors (Lipinski definition) is 3. The predicted octanol–water partition coefficient (Wildman–Crippen LogP) is 4.01. The van der Waals surface area contributed by atoms with Crippen molar-refractivity contribution in [2.24, 2.45) is 5.10 Å². The molecule has 1 heterocycles. The first-order chi connectivity index (χ1) is 12.1. The van der Waals surface area contributed by atoms with Crippen LogP contribution in [0.5, 0.6) is 5.75 Å². The van der Waals surface area contributed by atoms with Crippen molar-refractivity contribution in [3.05, 3.63) is 70.2 Å². The molecule has 6 nitrogen and oxygen atoms in total. The number of phenolic OH excluding ortho intramolecular Hbond substituents is 1. The van der Waals surface area contributed by atoms with Crippen molar-refractivity contribution in [1.82, 2.24) is 10.4 Å². The molecule has 0 atom stereocenters. The van der Waals surface area contributed by atoms with Gasteiger partial charge in [-0.3, -0.25) is 4.79 Å². The van der Waals surface area contributed by atoms with Gasteiger partial charge in [-0.15, -0.1) is 0 Å². The monoisotopic (exact) mass is 372 g/mol. The quantitative estimate of drug-likeness (QED) is 0.466. The number of thiazole rings is 1. The van der Waals surface area contributed by atoms with Gasteiger partial charge in [-0.05, 0) is 30.3 Å². The number of amides is 1. The number of anilines is 2. The summed E-state index contributed by atoms with van der Waals surface area (Å²) in [6.07, 6.45) is 1.43. The number of nitrogens with zero attached hydrogens (tertiary/aromatic N) is 2. The summed E-state index contributed by atoms with van der Waals surface area (Å²) in [5.74, 6) is -0.422. The van der Waals surface area contributed by atoms with Crippen LogP contribution in [0.3, 0.4) is 0 Å². The summed E-state index contributed by atoms with van der Waals surface area (Å²) in [5.41, 5.74) is 3.58. The molecule has 0 radical (unpaired) electrons. The summed E-state index contributed by atoms with van der Waals surface area (Å²) in [6, 6.07) is 15.6. The van der Waals surface area contributed by atoms with E-state index in [2.05, 4.69) is 20.8 Å². The number of nitrogens with one attached hydrogen (secondary N) is 2. The molecule has 3 aromatic rings. The van der Waals surface area contributed by atoms with Gasteiger partial charge in [0.05, 0.1) is 11.1 Å². The zero-order chi connectivity index (χ0) is 17.6. The Morgan fingerprint density at radius 3 is 2.76 bits per heavy atom. The summed E-state index contributed by atoms with van der Waals surface area (Å²) >= 11 is 7.40.